The largest absolute Gasteiger partial charge is 0.491 e. The lowest BCUT2D eigenvalue weighted by Crippen LogP contribution is -1.98. The lowest BCUT2D eigenvalue weighted by atomic mass is 10.0. The predicted molar refractivity (Wildman–Crippen MR) is 59.8 cm³/mol. The van der Waals surface area contributed by atoms with Gasteiger partial charge < -0.3 is 10.5 Å². The van der Waals surface area contributed by atoms with E-state index in [1.165, 1.54) is 27.6 Å². The molecule has 1 aliphatic carbocycles. The Morgan fingerprint density at radius 2 is 1.86 bits per heavy atom. The first-order chi connectivity index (χ1) is 6.79. The number of fused-ring (bicyclic) bond motifs is 2. The summed E-state index contributed by atoms with van der Waals surface area (Å²) >= 11 is 3.68. The summed E-state index contributed by atoms with van der Waals surface area (Å²) in [5.41, 5.74) is 11.0. The number of nitrogen functional groups attached to an aromatic ring is 1. The second-order valence-electron chi connectivity index (χ2n) is 3.94. The zero-order chi connectivity index (χ0) is 9.71. The maximum Gasteiger partial charge on any atom is 0.146 e. The van der Waals surface area contributed by atoms with E-state index in [2.05, 4.69) is 15.9 Å². The van der Waals surface area contributed by atoms with Gasteiger partial charge >= 0.3 is 0 Å². The summed E-state index contributed by atoms with van der Waals surface area (Å²) in [5.74, 6) is 0.942. The summed E-state index contributed by atoms with van der Waals surface area (Å²) in [6, 6.07) is 0. The molecule has 2 aliphatic rings. The van der Waals surface area contributed by atoms with Crippen LogP contribution >= 0.6 is 15.9 Å². The van der Waals surface area contributed by atoms with Gasteiger partial charge in [-0.1, -0.05) is 15.9 Å². The number of nitrogens with two attached hydrogens (primary N) is 1. The van der Waals surface area contributed by atoms with Crippen molar-refractivity contribution < 1.29 is 4.74 Å². The third-order valence-corrected chi connectivity index (χ3v) is 4.15. The molecule has 14 heavy (non-hydrogen) atoms. The van der Waals surface area contributed by atoms with Crippen molar-refractivity contribution in [3.8, 4) is 5.75 Å². The molecule has 0 fully saturated rings. The average molecular weight is 254 g/mol. The van der Waals surface area contributed by atoms with Crippen molar-refractivity contribution in [2.75, 3.05) is 12.3 Å². The fourth-order valence-corrected chi connectivity index (χ4v) is 3.32. The molecule has 3 heteroatoms. The maximum absolute atomic E-state index is 6.11. The predicted octanol–water partition coefficient (Wildman–Crippen LogP) is 2.45. The Morgan fingerprint density at radius 1 is 1.07 bits per heavy atom. The standard InChI is InChI=1S/C11H12BrNO/c12-9-6-2-1-3-7(6)10(13)11-8(9)4-5-14-11/h1-5,13H2. The van der Waals surface area contributed by atoms with Gasteiger partial charge in [-0.15, -0.1) is 0 Å². The van der Waals surface area contributed by atoms with E-state index < -0.39 is 0 Å². The van der Waals surface area contributed by atoms with Gasteiger partial charge in [0.05, 0.1) is 12.3 Å². The first-order valence-corrected chi connectivity index (χ1v) is 5.82. The van der Waals surface area contributed by atoms with Crippen molar-refractivity contribution in [1.29, 1.82) is 0 Å². The Labute approximate surface area is 91.6 Å². The summed E-state index contributed by atoms with van der Waals surface area (Å²) in [6.07, 6.45) is 4.48. The molecule has 0 spiro atoms. The molecule has 0 saturated heterocycles. The number of rotatable bonds is 0. The quantitative estimate of drug-likeness (QED) is 0.722. The summed E-state index contributed by atoms with van der Waals surface area (Å²) in [4.78, 5) is 0. The van der Waals surface area contributed by atoms with Crippen LogP contribution in [0.3, 0.4) is 0 Å². The summed E-state index contributed by atoms with van der Waals surface area (Å²) in [7, 11) is 0. The first-order valence-electron chi connectivity index (χ1n) is 5.03. The Kier molecular flexibility index (Phi) is 1.78. The second-order valence-corrected chi connectivity index (χ2v) is 4.74. The van der Waals surface area contributed by atoms with Crippen LogP contribution in [0, 0.1) is 0 Å². The van der Waals surface area contributed by atoms with Gasteiger partial charge in [0.1, 0.15) is 5.75 Å². The molecule has 3 rings (SSSR count). The van der Waals surface area contributed by atoms with Crippen LogP contribution in [0.15, 0.2) is 4.47 Å². The highest BCUT2D eigenvalue weighted by Crippen LogP contribution is 2.45. The van der Waals surface area contributed by atoms with Crippen molar-refractivity contribution in [2.24, 2.45) is 0 Å². The van der Waals surface area contributed by atoms with Crippen LogP contribution in [0.2, 0.25) is 0 Å². The summed E-state index contributed by atoms with van der Waals surface area (Å²) < 4.78 is 6.84. The molecule has 1 heterocycles. The van der Waals surface area contributed by atoms with Crippen LogP contribution in [0.25, 0.3) is 0 Å². The van der Waals surface area contributed by atoms with Gasteiger partial charge in [0, 0.05) is 16.5 Å². The highest BCUT2D eigenvalue weighted by molar-refractivity contribution is 9.10. The number of halogens is 1. The molecular formula is C11H12BrNO. The van der Waals surface area contributed by atoms with Crippen LogP contribution < -0.4 is 10.5 Å². The van der Waals surface area contributed by atoms with E-state index in [9.17, 15) is 0 Å². The third kappa shape index (κ3) is 0.962. The SMILES string of the molecule is Nc1c2c(c(Br)c3c1OCC3)CCC2. The zero-order valence-corrected chi connectivity index (χ0v) is 9.49. The lowest BCUT2D eigenvalue weighted by Gasteiger charge is -2.12. The zero-order valence-electron chi connectivity index (χ0n) is 7.90. The van der Waals surface area contributed by atoms with Crippen LogP contribution in [0.4, 0.5) is 5.69 Å². The average Bonchev–Trinajstić information content (AvgIpc) is 2.82. The molecule has 1 aromatic rings. The van der Waals surface area contributed by atoms with Gasteiger partial charge in [-0.05, 0) is 30.4 Å². The molecule has 0 bridgehead atoms. The Morgan fingerprint density at radius 3 is 2.71 bits per heavy atom. The van der Waals surface area contributed by atoms with Gasteiger partial charge in [-0.25, -0.2) is 0 Å². The molecule has 0 atom stereocenters. The van der Waals surface area contributed by atoms with E-state index in [0.717, 1.165) is 37.3 Å². The minimum Gasteiger partial charge on any atom is -0.491 e. The number of hydrogen-bond acceptors (Lipinski definition) is 2. The van der Waals surface area contributed by atoms with Crippen molar-refractivity contribution in [2.45, 2.75) is 25.7 Å². The molecule has 0 amide bonds. The molecule has 74 valence electrons. The second kappa shape index (κ2) is 2.89. The highest BCUT2D eigenvalue weighted by Gasteiger charge is 2.27. The van der Waals surface area contributed by atoms with E-state index in [0.29, 0.717) is 0 Å². The minimum absolute atomic E-state index is 0.779. The molecule has 0 saturated carbocycles. The topological polar surface area (TPSA) is 35.2 Å². The van der Waals surface area contributed by atoms with E-state index in [-0.39, 0.29) is 0 Å². The van der Waals surface area contributed by atoms with Gasteiger partial charge in [0.15, 0.2) is 0 Å². The smallest absolute Gasteiger partial charge is 0.146 e. The molecule has 0 radical (unpaired) electrons. The normalized spacial score (nSPS) is 17.8. The number of anilines is 1. The fraction of sp³-hybridized carbons (Fsp3) is 0.455. The number of ether oxygens (including phenoxy) is 1. The van der Waals surface area contributed by atoms with E-state index in [1.807, 2.05) is 0 Å². The molecule has 0 unspecified atom stereocenters. The van der Waals surface area contributed by atoms with Gasteiger partial charge in [-0.3, -0.25) is 0 Å². The molecule has 2 nitrogen and oxygen atoms in total. The third-order valence-electron chi connectivity index (χ3n) is 3.19. The van der Waals surface area contributed by atoms with Crippen LogP contribution in [-0.4, -0.2) is 6.61 Å². The Balaban J connectivity index is 2.33. The van der Waals surface area contributed by atoms with Crippen molar-refractivity contribution in [1.82, 2.24) is 0 Å². The monoisotopic (exact) mass is 253 g/mol. The fourth-order valence-electron chi connectivity index (χ4n) is 2.51. The Bertz CT molecular complexity index is 342. The summed E-state index contributed by atoms with van der Waals surface area (Å²) in [5, 5.41) is 0. The number of hydrogen-bond donors (Lipinski definition) is 1. The molecular weight excluding hydrogens is 242 g/mol. The van der Waals surface area contributed by atoms with Gasteiger partial charge in [-0.2, -0.15) is 0 Å². The van der Waals surface area contributed by atoms with Gasteiger partial charge in [0.2, 0.25) is 0 Å². The van der Waals surface area contributed by atoms with E-state index in [4.69, 9.17) is 10.5 Å². The van der Waals surface area contributed by atoms with Crippen LogP contribution in [-0.2, 0) is 19.3 Å². The van der Waals surface area contributed by atoms with Crippen molar-refractivity contribution in [3.63, 3.8) is 0 Å². The highest BCUT2D eigenvalue weighted by atomic mass is 79.9. The van der Waals surface area contributed by atoms with E-state index >= 15 is 0 Å². The minimum atomic E-state index is 0.779. The van der Waals surface area contributed by atoms with Crippen molar-refractivity contribution >= 4 is 21.6 Å². The summed E-state index contributed by atoms with van der Waals surface area (Å²) in [6.45, 7) is 0.779. The van der Waals surface area contributed by atoms with Crippen LogP contribution in [0.5, 0.6) is 5.75 Å². The molecule has 0 aromatic heterocycles. The maximum atomic E-state index is 6.11. The van der Waals surface area contributed by atoms with Gasteiger partial charge in [0.25, 0.3) is 0 Å². The van der Waals surface area contributed by atoms with Crippen LogP contribution in [0.1, 0.15) is 23.1 Å². The Hall–Kier alpha value is -0.700. The number of benzene rings is 1. The molecule has 1 aromatic carbocycles. The van der Waals surface area contributed by atoms with Crippen molar-refractivity contribution in [3.05, 3.63) is 21.2 Å². The molecule has 1 aliphatic heterocycles. The first kappa shape index (κ1) is 8.60. The lowest BCUT2D eigenvalue weighted by molar-refractivity contribution is 0.358. The molecule has 2 N–H and O–H groups in total. The van der Waals surface area contributed by atoms with E-state index in [1.54, 1.807) is 0 Å².